The van der Waals surface area contributed by atoms with Crippen LogP contribution in [0.4, 0.5) is 4.39 Å². The van der Waals surface area contributed by atoms with Crippen molar-refractivity contribution in [3.63, 3.8) is 0 Å². The van der Waals surface area contributed by atoms with Crippen molar-refractivity contribution < 1.29 is 9.18 Å². The van der Waals surface area contributed by atoms with Gasteiger partial charge in [-0.05, 0) is 36.6 Å². The highest BCUT2D eigenvalue weighted by Gasteiger charge is 2.35. The summed E-state index contributed by atoms with van der Waals surface area (Å²) in [4.78, 5) is 14.3. The molecule has 1 saturated heterocycles. The van der Waals surface area contributed by atoms with Gasteiger partial charge in [0.25, 0.3) is 5.91 Å². The Morgan fingerprint density at radius 3 is 2.86 bits per heavy atom. The summed E-state index contributed by atoms with van der Waals surface area (Å²) in [6, 6.07) is 7.96. The van der Waals surface area contributed by atoms with Gasteiger partial charge in [-0.2, -0.15) is 5.10 Å². The average Bonchev–Trinajstić information content (AvgIpc) is 3.15. The Bertz CT molecular complexity index is 699. The van der Waals surface area contributed by atoms with Crippen LogP contribution in [0.15, 0.2) is 36.5 Å². The topological polar surface area (TPSA) is 64.2 Å². The Morgan fingerprint density at radius 2 is 2.18 bits per heavy atom. The molecule has 3 rings (SSSR count). The highest BCUT2D eigenvalue weighted by atomic mass is 19.1. The summed E-state index contributed by atoms with van der Waals surface area (Å²) in [5.41, 5.74) is 6.39. The van der Waals surface area contributed by atoms with E-state index in [0.29, 0.717) is 31.0 Å². The van der Waals surface area contributed by atoms with Crippen LogP contribution in [0.5, 0.6) is 0 Å². The van der Waals surface area contributed by atoms with Gasteiger partial charge in [0.05, 0.1) is 0 Å². The summed E-state index contributed by atoms with van der Waals surface area (Å²) in [5, 5.41) is 4.21. The third-order valence-corrected chi connectivity index (χ3v) is 4.25. The maximum atomic E-state index is 13.8. The standard InChI is InChI=1S/C16H19FN4O/c1-16(10-18)7-9-20(11-16)15(22)13-6-8-21(19-13)14-5-3-2-4-12(14)17/h2-6,8H,7,9-11,18H2,1H3. The Kier molecular flexibility index (Phi) is 3.70. The second-order valence-corrected chi connectivity index (χ2v) is 6.09. The minimum atomic E-state index is -0.374. The number of likely N-dealkylation sites (tertiary alicyclic amines) is 1. The summed E-state index contributed by atoms with van der Waals surface area (Å²) in [5.74, 6) is -0.506. The summed E-state index contributed by atoms with van der Waals surface area (Å²) >= 11 is 0. The fraction of sp³-hybridized carbons (Fsp3) is 0.375. The molecule has 0 bridgehead atoms. The Balaban J connectivity index is 1.80. The zero-order valence-electron chi connectivity index (χ0n) is 12.5. The number of nitrogens with two attached hydrogens (primary N) is 1. The number of para-hydroxylation sites is 1. The van der Waals surface area contributed by atoms with E-state index in [1.54, 1.807) is 35.4 Å². The fourth-order valence-electron chi connectivity index (χ4n) is 2.74. The van der Waals surface area contributed by atoms with Crippen LogP contribution in [-0.4, -0.2) is 40.2 Å². The molecule has 0 aliphatic carbocycles. The fourth-order valence-corrected chi connectivity index (χ4v) is 2.74. The molecule has 1 unspecified atom stereocenters. The minimum Gasteiger partial charge on any atom is -0.337 e. The molecule has 1 aliphatic heterocycles. The Labute approximate surface area is 128 Å². The molecule has 1 aliphatic rings. The molecule has 22 heavy (non-hydrogen) atoms. The van der Waals surface area contributed by atoms with Crippen molar-refractivity contribution in [3.05, 3.63) is 48.0 Å². The van der Waals surface area contributed by atoms with Gasteiger partial charge in [0.1, 0.15) is 11.5 Å². The van der Waals surface area contributed by atoms with Crippen LogP contribution in [-0.2, 0) is 0 Å². The predicted octanol–water partition coefficient (Wildman–Crippen LogP) is 1.82. The van der Waals surface area contributed by atoms with Crippen LogP contribution < -0.4 is 5.73 Å². The number of hydrogen-bond acceptors (Lipinski definition) is 3. The van der Waals surface area contributed by atoms with E-state index < -0.39 is 0 Å². The number of halogens is 1. The van der Waals surface area contributed by atoms with Gasteiger partial charge < -0.3 is 10.6 Å². The van der Waals surface area contributed by atoms with Gasteiger partial charge in [0, 0.05) is 19.3 Å². The van der Waals surface area contributed by atoms with Crippen LogP contribution in [0.3, 0.4) is 0 Å². The number of hydrogen-bond donors (Lipinski definition) is 1. The number of amides is 1. The molecular formula is C16H19FN4O. The second kappa shape index (κ2) is 5.53. The van der Waals surface area contributed by atoms with Crippen molar-refractivity contribution in [1.82, 2.24) is 14.7 Å². The zero-order chi connectivity index (χ0) is 15.7. The number of nitrogens with zero attached hydrogens (tertiary/aromatic N) is 3. The lowest BCUT2D eigenvalue weighted by atomic mass is 9.90. The van der Waals surface area contributed by atoms with Gasteiger partial charge >= 0.3 is 0 Å². The highest BCUT2D eigenvalue weighted by Crippen LogP contribution is 2.29. The first-order valence-corrected chi connectivity index (χ1v) is 7.32. The summed E-state index contributed by atoms with van der Waals surface area (Å²) in [7, 11) is 0. The van der Waals surface area contributed by atoms with Crippen LogP contribution >= 0.6 is 0 Å². The molecule has 1 atom stereocenters. The minimum absolute atomic E-state index is 0.0240. The van der Waals surface area contributed by atoms with Crippen molar-refractivity contribution >= 4 is 5.91 Å². The van der Waals surface area contributed by atoms with E-state index >= 15 is 0 Å². The Morgan fingerprint density at radius 1 is 1.41 bits per heavy atom. The third kappa shape index (κ3) is 2.62. The van der Waals surface area contributed by atoms with E-state index in [2.05, 4.69) is 12.0 Å². The number of benzene rings is 1. The summed E-state index contributed by atoms with van der Waals surface area (Å²) in [6.07, 6.45) is 2.49. The van der Waals surface area contributed by atoms with Crippen molar-refractivity contribution in [2.75, 3.05) is 19.6 Å². The first-order valence-electron chi connectivity index (χ1n) is 7.32. The zero-order valence-corrected chi connectivity index (χ0v) is 12.5. The van der Waals surface area contributed by atoms with E-state index in [9.17, 15) is 9.18 Å². The van der Waals surface area contributed by atoms with Crippen LogP contribution in [0.1, 0.15) is 23.8 Å². The van der Waals surface area contributed by atoms with E-state index in [4.69, 9.17) is 5.73 Å². The molecule has 116 valence electrons. The average molecular weight is 302 g/mol. The van der Waals surface area contributed by atoms with Crippen LogP contribution in [0.25, 0.3) is 5.69 Å². The molecule has 1 aromatic heterocycles. The van der Waals surface area contributed by atoms with E-state index in [1.807, 2.05) is 0 Å². The number of aromatic nitrogens is 2. The van der Waals surface area contributed by atoms with Crippen LogP contribution in [0.2, 0.25) is 0 Å². The molecule has 1 amide bonds. The van der Waals surface area contributed by atoms with Crippen molar-refractivity contribution in [1.29, 1.82) is 0 Å². The lowest BCUT2D eigenvalue weighted by molar-refractivity contribution is 0.0770. The maximum Gasteiger partial charge on any atom is 0.274 e. The molecule has 1 fully saturated rings. The quantitative estimate of drug-likeness (QED) is 0.940. The van der Waals surface area contributed by atoms with Crippen molar-refractivity contribution in [3.8, 4) is 5.69 Å². The van der Waals surface area contributed by atoms with Gasteiger partial charge in [-0.1, -0.05) is 19.1 Å². The smallest absolute Gasteiger partial charge is 0.274 e. The van der Waals surface area contributed by atoms with E-state index in [0.717, 1.165) is 6.42 Å². The number of carbonyl (C=O) groups excluding carboxylic acids is 1. The first-order chi connectivity index (χ1) is 10.5. The molecule has 5 nitrogen and oxygen atoms in total. The van der Waals surface area contributed by atoms with E-state index in [1.165, 1.54) is 10.7 Å². The van der Waals surface area contributed by atoms with Gasteiger partial charge in [-0.25, -0.2) is 9.07 Å². The predicted molar refractivity (Wildman–Crippen MR) is 81.2 cm³/mol. The SMILES string of the molecule is CC1(CN)CCN(C(=O)c2ccn(-c3ccccc3F)n2)C1. The lowest BCUT2D eigenvalue weighted by Crippen LogP contribution is -2.34. The molecule has 6 heteroatoms. The van der Waals surface area contributed by atoms with Crippen molar-refractivity contribution in [2.24, 2.45) is 11.1 Å². The van der Waals surface area contributed by atoms with Gasteiger partial charge in [-0.15, -0.1) is 0 Å². The second-order valence-electron chi connectivity index (χ2n) is 6.09. The van der Waals surface area contributed by atoms with Crippen LogP contribution in [0, 0.1) is 11.2 Å². The molecule has 2 heterocycles. The molecule has 2 aromatic rings. The van der Waals surface area contributed by atoms with Gasteiger partial charge in [0.2, 0.25) is 0 Å². The third-order valence-electron chi connectivity index (χ3n) is 4.25. The Hall–Kier alpha value is -2.21. The summed E-state index contributed by atoms with van der Waals surface area (Å²) in [6.45, 7) is 3.95. The summed E-state index contributed by atoms with van der Waals surface area (Å²) < 4.78 is 15.2. The lowest BCUT2D eigenvalue weighted by Gasteiger charge is -2.22. The van der Waals surface area contributed by atoms with Gasteiger partial charge in [0.15, 0.2) is 5.69 Å². The molecule has 2 N–H and O–H groups in total. The van der Waals surface area contributed by atoms with E-state index in [-0.39, 0.29) is 17.1 Å². The van der Waals surface area contributed by atoms with Gasteiger partial charge in [-0.3, -0.25) is 4.79 Å². The molecular weight excluding hydrogens is 283 g/mol. The molecule has 1 aromatic carbocycles. The molecule has 0 saturated carbocycles. The van der Waals surface area contributed by atoms with Crippen molar-refractivity contribution in [2.45, 2.75) is 13.3 Å². The maximum absolute atomic E-state index is 13.8. The number of carbonyl (C=O) groups is 1. The first kappa shape index (κ1) is 14.7. The molecule has 0 radical (unpaired) electrons. The normalized spacial score (nSPS) is 21.3. The monoisotopic (exact) mass is 302 g/mol. The number of rotatable bonds is 3. The largest absolute Gasteiger partial charge is 0.337 e. The molecule has 0 spiro atoms. The highest BCUT2D eigenvalue weighted by molar-refractivity contribution is 5.92.